The Balaban J connectivity index is 2.02. The van der Waals surface area contributed by atoms with Crippen LogP contribution in [-0.2, 0) is 11.2 Å². The molecule has 0 bridgehead atoms. The number of rotatable bonds is 3. The Kier molecular flexibility index (Phi) is 3.20. The third kappa shape index (κ3) is 2.40. The highest BCUT2D eigenvalue weighted by Gasteiger charge is 2.16. The van der Waals surface area contributed by atoms with Crippen molar-refractivity contribution in [2.75, 3.05) is 13.2 Å². The van der Waals surface area contributed by atoms with Gasteiger partial charge in [0.1, 0.15) is 13.2 Å². The third-order valence-electron chi connectivity index (χ3n) is 2.91. The molecule has 1 aliphatic heterocycles. The summed E-state index contributed by atoms with van der Waals surface area (Å²) < 4.78 is 11.0. The Bertz CT molecular complexity index is 657. The normalized spacial score (nSPS) is 13.0. The quantitative estimate of drug-likeness (QED) is 0.912. The molecule has 2 aromatic rings. The number of hydrogen-bond acceptors (Lipinski definition) is 5. The molecular weight excluding hydrogens is 260 g/mol. The van der Waals surface area contributed by atoms with Gasteiger partial charge in [0.15, 0.2) is 11.5 Å². The number of carboxylic acid groups (broad SMARTS) is 1. The first kappa shape index (κ1) is 12.4. The predicted molar refractivity (Wildman–Crippen MR) is 69.8 cm³/mol. The first-order valence-electron chi connectivity index (χ1n) is 6.16. The van der Waals surface area contributed by atoms with E-state index in [1.807, 2.05) is 6.07 Å². The van der Waals surface area contributed by atoms with E-state index >= 15 is 0 Å². The van der Waals surface area contributed by atoms with Crippen LogP contribution in [0.25, 0.3) is 11.3 Å². The van der Waals surface area contributed by atoms with Gasteiger partial charge in [0.2, 0.25) is 0 Å². The van der Waals surface area contributed by atoms with Crippen molar-refractivity contribution in [3.05, 3.63) is 36.3 Å². The largest absolute Gasteiger partial charge is 0.486 e. The summed E-state index contributed by atoms with van der Waals surface area (Å²) >= 11 is 0. The molecular formula is C14H12N2O4. The van der Waals surface area contributed by atoms with E-state index in [1.54, 1.807) is 12.1 Å². The maximum Gasteiger partial charge on any atom is 0.309 e. The topological polar surface area (TPSA) is 81.5 Å². The summed E-state index contributed by atoms with van der Waals surface area (Å²) in [7, 11) is 0. The van der Waals surface area contributed by atoms with Crippen molar-refractivity contribution in [3.8, 4) is 22.8 Å². The monoisotopic (exact) mass is 272 g/mol. The molecule has 2 heterocycles. The van der Waals surface area contributed by atoms with Crippen molar-refractivity contribution in [2.45, 2.75) is 6.42 Å². The lowest BCUT2D eigenvalue weighted by molar-refractivity contribution is -0.136. The van der Waals surface area contributed by atoms with E-state index in [1.165, 1.54) is 12.4 Å². The van der Waals surface area contributed by atoms with Crippen LogP contribution in [0.3, 0.4) is 0 Å². The average Bonchev–Trinajstić information content (AvgIpc) is 2.47. The zero-order valence-electron chi connectivity index (χ0n) is 10.6. The summed E-state index contributed by atoms with van der Waals surface area (Å²) in [6, 6.07) is 5.41. The second-order valence-electron chi connectivity index (χ2n) is 4.28. The van der Waals surface area contributed by atoms with E-state index in [9.17, 15) is 4.79 Å². The van der Waals surface area contributed by atoms with Crippen LogP contribution < -0.4 is 9.47 Å². The second-order valence-corrected chi connectivity index (χ2v) is 4.28. The van der Waals surface area contributed by atoms with Gasteiger partial charge in [-0.15, -0.1) is 0 Å². The first-order chi connectivity index (χ1) is 9.74. The molecule has 0 atom stereocenters. The van der Waals surface area contributed by atoms with Crippen molar-refractivity contribution in [1.29, 1.82) is 0 Å². The number of hydrogen-bond donors (Lipinski definition) is 1. The minimum atomic E-state index is -0.940. The fourth-order valence-corrected chi connectivity index (χ4v) is 2.07. The Morgan fingerprint density at radius 2 is 1.90 bits per heavy atom. The summed E-state index contributed by atoms with van der Waals surface area (Å²) in [6.45, 7) is 1.03. The Hall–Kier alpha value is -2.63. The van der Waals surface area contributed by atoms with Crippen LogP contribution >= 0.6 is 0 Å². The molecule has 1 aromatic carbocycles. The minimum Gasteiger partial charge on any atom is -0.486 e. The number of aromatic nitrogens is 2. The van der Waals surface area contributed by atoms with E-state index in [-0.39, 0.29) is 6.42 Å². The molecule has 6 heteroatoms. The standard InChI is InChI=1S/C14H12N2O4/c17-13(18)8-10-14(16-4-3-15-10)9-1-2-11-12(7-9)20-6-5-19-11/h1-4,7H,5-6,8H2,(H,17,18). The lowest BCUT2D eigenvalue weighted by Crippen LogP contribution is -2.15. The highest BCUT2D eigenvalue weighted by atomic mass is 16.6. The zero-order valence-corrected chi connectivity index (χ0v) is 10.6. The summed E-state index contributed by atoms with van der Waals surface area (Å²) in [5.74, 6) is 0.383. The summed E-state index contributed by atoms with van der Waals surface area (Å²) in [5.41, 5.74) is 1.74. The number of carbonyl (C=O) groups is 1. The van der Waals surface area contributed by atoms with Crippen LogP contribution in [0.15, 0.2) is 30.6 Å². The molecule has 0 fully saturated rings. The fourth-order valence-electron chi connectivity index (χ4n) is 2.07. The molecule has 0 amide bonds. The fraction of sp³-hybridized carbons (Fsp3) is 0.214. The van der Waals surface area contributed by atoms with Gasteiger partial charge < -0.3 is 14.6 Å². The molecule has 0 saturated heterocycles. The molecule has 1 aliphatic rings. The van der Waals surface area contributed by atoms with Gasteiger partial charge >= 0.3 is 5.97 Å². The molecule has 3 rings (SSSR count). The number of ether oxygens (including phenoxy) is 2. The molecule has 1 aromatic heterocycles. The molecule has 0 spiro atoms. The zero-order chi connectivity index (χ0) is 13.9. The van der Waals surface area contributed by atoms with Gasteiger partial charge in [-0.1, -0.05) is 0 Å². The van der Waals surface area contributed by atoms with Crippen LogP contribution in [-0.4, -0.2) is 34.3 Å². The highest BCUT2D eigenvalue weighted by molar-refractivity contribution is 5.74. The van der Waals surface area contributed by atoms with E-state index in [4.69, 9.17) is 14.6 Å². The van der Waals surface area contributed by atoms with Crippen LogP contribution in [0, 0.1) is 0 Å². The SMILES string of the molecule is O=C(O)Cc1nccnc1-c1ccc2c(c1)OCCO2. The lowest BCUT2D eigenvalue weighted by atomic mass is 10.1. The van der Waals surface area contributed by atoms with Crippen molar-refractivity contribution >= 4 is 5.97 Å². The van der Waals surface area contributed by atoms with E-state index in [2.05, 4.69) is 9.97 Å². The molecule has 0 unspecified atom stereocenters. The Morgan fingerprint density at radius 3 is 2.70 bits per heavy atom. The predicted octanol–water partition coefficient (Wildman–Crippen LogP) is 1.54. The van der Waals surface area contributed by atoms with Crippen LogP contribution in [0.4, 0.5) is 0 Å². The molecule has 20 heavy (non-hydrogen) atoms. The number of aliphatic carboxylic acids is 1. The number of carboxylic acids is 1. The van der Waals surface area contributed by atoms with Crippen LogP contribution in [0.1, 0.15) is 5.69 Å². The van der Waals surface area contributed by atoms with Crippen LogP contribution in [0.5, 0.6) is 11.5 Å². The smallest absolute Gasteiger partial charge is 0.309 e. The summed E-state index contributed by atoms with van der Waals surface area (Å²) in [5, 5.41) is 8.92. The third-order valence-corrected chi connectivity index (χ3v) is 2.91. The number of fused-ring (bicyclic) bond motifs is 1. The van der Waals surface area contributed by atoms with Crippen molar-refractivity contribution in [1.82, 2.24) is 9.97 Å². The van der Waals surface area contributed by atoms with Gasteiger partial charge in [0, 0.05) is 18.0 Å². The maximum atomic E-state index is 10.9. The van der Waals surface area contributed by atoms with Gasteiger partial charge in [-0.05, 0) is 18.2 Å². The number of benzene rings is 1. The maximum absolute atomic E-state index is 10.9. The van der Waals surface area contributed by atoms with Crippen molar-refractivity contribution in [3.63, 3.8) is 0 Å². The minimum absolute atomic E-state index is 0.169. The van der Waals surface area contributed by atoms with E-state index < -0.39 is 5.97 Å². The van der Waals surface area contributed by atoms with Crippen LogP contribution in [0.2, 0.25) is 0 Å². The van der Waals surface area contributed by atoms with Gasteiger partial charge in [0.25, 0.3) is 0 Å². The van der Waals surface area contributed by atoms with Crippen molar-refractivity contribution in [2.24, 2.45) is 0 Å². The average molecular weight is 272 g/mol. The van der Waals surface area contributed by atoms with Crippen molar-refractivity contribution < 1.29 is 19.4 Å². The first-order valence-corrected chi connectivity index (χ1v) is 6.16. The van der Waals surface area contributed by atoms with E-state index in [0.29, 0.717) is 36.1 Å². The molecule has 0 aliphatic carbocycles. The van der Waals surface area contributed by atoms with Gasteiger partial charge in [-0.25, -0.2) is 0 Å². The van der Waals surface area contributed by atoms with E-state index in [0.717, 1.165) is 5.56 Å². The molecule has 0 radical (unpaired) electrons. The lowest BCUT2D eigenvalue weighted by Gasteiger charge is -2.19. The summed E-state index contributed by atoms with van der Waals surface area (Å²) in [4.78, 5) is 19.2. The molecule has 6 nitrogen and oxygen atoms in total. The molecule has 102 valence electrons. The Morgan fingerprint density at radius 1 is 1.15 bits per heavy atom. The second kappa shape index (κ2) is 5.16. The Labute approximate surface area is 115 Å². The number of nitrogens with zero attached hydrogens (tertiary/aromatic N) is 2. The summed E-state index contributed by atoms with van der Waals surface area (Å²) in [6.07, 6.45) is 2.86. The van der Waals surface area contributed by atoms with Gasteiger partial charge in [-0.2, -0.15) is 0 Å². The van der Waals surface area contributed by atoms with Gasteiger partial charge in [-0.3, -0.25) is 14.8 Å². The molecule has 1 N–H and O–H groups in total. The van der Waals surface area contributed by atoms with Gasteiger partial charge in [0.05, 0.1) is 17.8 Å². The molecule has 0 saturated carbocycles. The highest BCUT2D eigenvalue weighted by Crippen LogP contribution is 2.34.